The second-order valence-corrected chi connectivity index (χ2v) is 4.44. The molecule has 0 aliphatic rings. The second kappa shape index (κ2) is 6.18. The van der Waals surface area contributed by atoms with Crippen LogP contribution in [-0.4, -0.2) is 31.7 Å². The molecule has 23 heavy (non-hydrogen) atoms. The molecule has 0 aliphatic carbocycles. The Kier molecular flexibility index (Phi) is 4.48. The van der Waals surface area contributed by atoms with Crippen LogP contribution >= 0.6 is 0 Å². The van der Waals surface area contributed by atoms with Gasteiger partial charge in [0, 0.05) is 19.7 Å². The van der Waals surface area contributed by atoms with E-state index in [1.54, 1.807) is 6.92 Å². The van der Waals surface area contributed by atoms with Gasteiger partial charge in [0.1, 0.15) is 5.69 Å². The van der Waals surface area contributed by atoms with E-state index in [-0.39, 0.29) is 11.3 Å². The molecule has 7 nitrogen and oxygen atoms in total. The highest BCUT2D eigenvalue weighted by Gasteiger charge is 2.35. The van der Waals surface area contributed by atoms with Crippen molar-refractivity contribution in [3.05, 3.63) is 35.2 Å². The molecule has 0 unspecified atom stereocenters. The van der Waals surface area contributed by atoms with Gasteiger partial charge in [0.05, 0.1) is 18.0 Å². The van der Waals surface area contributed by atoms with Gasteiger partial charge in [-0.2, -0.15) is 32.9 Å². The van der Waals surface area contributed by atoms with Crippen LogP contribution in [0.3, 0.4) is 0 Å². The Morgan fingerprint density at radius 3 is 2.70 bits per heavy atom. The molecule has 0 saturated carbocycles. The fraction of sp³-hybridized carbons (Fsp3) is 0.333. The molecule has 1 N–H and O–H groups in total. The van der Waals surface area contributed by atoms with Gasteiger partial charge < -0.3 is 0 Å². The number of carbonyl (C=O) groups is 1. The topological polar surface area (TPSA) is 77.1 Å². The highest BCUT2D eigenvalue weighted by Crippen LogP contribution is 2.28. The van der Waals surface area contributed by atoms with Crippen LogP contribution in [0.4, 0.5) is 17.6 Å². The normalized spacial score (nSPS) is 12.1. The number of alkyl halides is 3. The summed E-state index contributed by atoms with van der Waals surface area (Å²) in [5.41, 5.74) is 0.517. The van der Waals surface area contributed by atoms with Gasteiger partial charge in [0.25, 0.3) is 5.91 Å². The number of amides is 1. The zero-order chi connectivity index (χ0) is 17.2. The fourth-order valence-electron chi connectivity index (χ4n) is 1.73. The number of carbonyl (C=O) groups excluding carboxylic acids is 1. The van der Waals surface area contributed by atoms with Crippen LogP contribution < -0.4 is 5.43 Å². The lowest BCUT2D eigenvalue weighted by atomic mass is 10.3. The molecule has 0 aromatic carbocycles. The molecule has 1 amide bonds. The summed E-state index contributed by atoms with van der Waals surface area (Å²) in [5, 5.41) is 10.4. The van der Waals surface area contributed by atoms with Crippen molar-refractivity contribution in [1.82, 2.24) is 25.0 Å². The Labute approximate surface area is 127 Å². The molecule has 0 atom stereocenters. The summed E-state index contributed by atoms with van der Waals surface area (Å²) in [6.07, 6.45) is -2.44. The van der Waals surface area contributed by atoms with Crippen molar-refractivity contribution in [2.45, 2.75) is 19.6 Å². The summed E-state index contributed by atoms with van der Waals surface area (Å²) < 4.78 is 53.0. The Morgan fingerprint density at radius 1 is 1.48 bits per heavy atom. The average Bonchev–Trinajstić information content (AvgIpc) is 3.02. The van der Waals surface area contributed by atoms with Crippen molar-refractivity contribution >= 4 is 12.1 Å². The zero-order valence-electron chi connectivity index (χ0n) is 12.1. The molecule has 11 heteroatoms. The molecule has 0 fully saturated rings. The van der Waals surface area contributed by atoms with Gasteiger partial charge in [-0.05, 0) is 6.92 Å². The van der Waals surface area contributed by atoms with Crippen LogP contribution in [0.1, 0.15) is 28.7 Å². The standard InChI is InChI=1S/C12H12F4N6O/c1-3-22-10(13)7(6-18-22)5-17-19-11(23)8-4-9(12(14,15)16)20-21(8)2/h4-6H,3H2,1-2H3,(H,19,23)/b17-5+. The molecular weight excluding hydrogens is 320 g/mol. The molecule has 0 aliphatic heterocycles. The first kappa shape index (κ1) is 16.6. The number of aromatic nitrogens is 4. The van der Waals surface area contributed by atoms with Gasteiger partial charge in [-0.25, -0.2) is 10.1 Å². The number of hydrazone groups is 1. The lowest BCUT2D eigenvalue weighted by molar-refractivity contribution is -0.141. The van der Waals surface area contributed by atoms with Crippen LogP contribution in [0.2, 0.25) is 0 Å². The van der Waals surface area contributed by atoms with E-state index in [2.05, 4.69) is 15.3 Å². The SMILES string of the molecule is CCn1ncc(/C=N/NC(=O)c2cc(C(F)(F)F)nn2C)c1F. The first-order valence-electron chi connectivity index (χ1n) is 6.40. The van der Waals surface area contributed by atoms with Crippen LogP contribution in [0.5, 0.6) is 0 Å². The Bertz CT molecular complexity index is 745. The lowest BCUT2D eigenvalue weighted by Gasteiger charge is -1.99. The lowest BCUT2D eigenvalue weighted by Crippen LogP contribution is -2.20. The van der Waals surface area contributed by atoms with Crippen molar-refractivity contribution in [2.75, 3.05) is 0 Å². The number of halogens is 4. The molecule has 0 saturated heterocycles. The van der Waals surface area contributed by atoms with Crippen molar-refractivity contribution in [1.29, 1.82) is 0 Å². The first-order valence-corrected chi connectivity index (χ1v) is 6.40. The van der Waals surface area contributed by atoms with Crippen LogP contribution in [0, 0.1) is 5.95 Å². The third-order valence-electron chi connectivity index (χ3n) is 2.87. The van der Waals surface area contributed by atoms with E-state index < -0.39 is 23.7 Å². The monoisotopic (exact) mass is 332 g/mol. The third-order valence-corrected chi connectivity index (χ3v) is 2.87. The summed E-state index contributed by atoms with van der Waals surface area (Å²) >= 11 is 0. The number of rotatable bonds is 4. The zero-order valence-corrected chi connectivity index (χ0v) is 12.1. The minimum atomic E-state index is -4.66. The van der Waals surface area contributed by atoms with Gasteiger partial charge in [-0.15, -0.1) is 0 Å². The number of nitrogens with zero attached hydrogens (tertiary/aromatic N) is 5. The van der Waals surface area contributed by atoms with Crippen LogP contribution in [-0.2, 0) is 19.8 Å². The van der Waals surface area contributed by atoms with Crippen molar-refractivity contribution in [3.63, 3.8) is 0 Å². The van der Waals surface area contributed by atoms with E-state index in [4.69, 9.17) is 0 Å². The molecule has 2 aromatic rings. The maximum Gasteiger partial charge on any atom is 0.435 e. The average molecular weight is 332 g/mol. The smallest absolute Gasteiger partial charge is 0.266 e. The summed E-state index contributed by atoms with van der Waals surface area (Å²) in [6, 6.07) is 0.598. The highest BCUT2D eigenvalue weighted by atomic mass is 19.4. The number of aryl methyl sites for hydroxylation is 2. The number of hydrogen-bond acceptors (Lipinski definition) is 4. The van der Waals surface area contributed by atoms with Gasteiger partial charge in [0.15, 0.2) is 5.69 Å². The molecular formula is C12H12F4N6O. The van der Waals surface area contributed by atoms with E-state index in [0.29, 0.717) is 12.6 Å². The van der Waals surface area contributed by atoms with E-state index in [1.807, 2.05) is 5.43 Å². The van der Waals surface area contributed by atoms with Crippen molar-refractivity contribution < 1.29 is 22.4 Å². The van der Waals surface area contributed by atoms with Crippen LogP contribution in [0.25, 0.3) is 0 Å². The van der Waals surface area contributed by atoms with E-state index in [1.165, 1.54) is 13.2 Å². The van der Waals surface area contributed by atoms with Crippen LogP contribution in [0.15, 0.2) is 17.4 Å². The van der Waals surface area contributed by atoms with Gasteiger partial charge in [-0.3, -0.25) is 9.48 Å². The summed E-state index contributed by atoms with van der Waals surface area (Å²) in [7, 11) is 1.19. The first-order chi connectivity index (χ1) is 10.7. The number of nitrogens with one attached hydrogen (secondary N) is 1. The maximum atomic E-state index is 13.6. The summed E-state index contributed by atoms with van der Waals surface area (Å²) in [5.74, 6) is -1.54. The quantitative estimate of drug-likeness (QED) is 0.524. The largest absolute Gasteiger partial charge is 0.435 e. The Balaban J connectivity index is 2.09. The third kappa shape index (κ3) is 3.55. The van der Waals surface area contributed by atoms with E-state index >= 15 is 0 Å². The van der Waals surface area contributed by atoms with Crippen molar-refractivity contribution in [2.24, 2.45) is 12.1 Å². The molecule has 2 aromatic heterocycles. The molecule has 124 valence electrons. The molecule has 2 heterocycles. The predicted molar refractivity (Wildman–Crippen MR) is 71.1 cm³/mol. The fourth-order valence-corrected chi connectivity index (χ4v) is 1.73. The predicted octanol–water partition coefficient (Wildman–Crippen LogP) is 1.56. The number of hydrogen-bond donors (Lipinski definition) is 1. The minimum Gasteiger partial charge on any atom is -0.266 e. The molecule has 0 bridgehead atoms. The van der Waals surface area contributed by atoms with Gasteiger partial charge in [0.2, 0.25) is 5.95 Å². The van der Waals surface area contributed by atoms with E-state index in [9.17, 15) is 22.4 Å². The highest BCUT2D eigenvalue weighted by molar-refractivity contribution is 5.93. The van der Waals surface area contributed by atoms with Crippen molar-refractivity contribution in [3.8, 4) is 0 Å². The minimum absolute atomic E-state index is 0.0353. The van der Waals surface area contributed by atoms with Gasteiger partial charge in [-0.1, -0.05) is 0 Å². The molecule has 0 spiro atoms. The second-order valence-electron chi connectivity index (χ2n) is 4.44. The molecule has 2 rings (SSSR count). The Hall–Kier alpha value is -2.72. The van der Waals surface area contributed by atoms with Gasteiger partial charge >= 0.3 is 6.18 Å². The summed E-state index contributed by atoms with van der Waals surface area (Å²) in [6.45, 7) is 2.01. The molecule has 0 radical (unpaired) electrons. The summed E-state index contributed by atoms with van der Waals surface area (Å²) in [4.78, 5) is 11.8. The Morgan fingerprint density at radius 2 is 2.17 bits per heavy atom. The maximum absolute atomic E-state index is 13.6. The van der Waals surface area contributed by atoms with E-state index in [0.717, 1.165) is 15.6 Å².